The second kappa shape index (κ2) is 5.66. The first kappa shape index (κ1) is 11.9. The van der Waals surface area contributed by atoms with Gasteiger partial charge in [-0.05, 0) is 12.8 Å². The minimum atomic E-state index is 0.174. The first-order chi connectivity index (χ1) is 7.20. The van der Waals surface area contributed by atoms with Crippen molar-refractivity contribution in [3.63, 3.8) is 0 Å². The Balaban J connectivity index is 2.83. The molecule has 1 heterocycles. The van der Waals surface area contributed by atoms with E-state index >= 15 is 0 Å². The van der Waals surface area contributed by atoms with Crippen molar-refractivity contribution in [2.24, 2.45) is 5.92 Å². The standard InChI is InChI=1S/C11H18N2O2/c1-4-15-7-11(9(2)3)13-8-12-5-10(13)6-14/h5-6,8-9,11H,4,7H2,1-3H3. The molecule has 84 valence electrons. The lowest BCUT2D eigenvalue weighted by Gasteiger charge is -2.23. The van der Waals surface area contributed by atoms with Gasteiger partial charge in [0.05, 0.1) is 25.2 Å². The summed E-state index contributed by atoms with van der Waals surface area (Å²) in [6.07, 6.45) is 4.09. The lowest BCUT2D eigenvalue weighted by Crippen LogP contribution is -2.22. The summed E-state index contributed by atoms with van der Waals surface area (Å²) < 4.78 is 7.30. The van der Waals surface area contributed by atoms with Gasteiger partial charge < -0.3 is 9.30 Å². The van der Waals surface area contributed by atoms with E-state index in [0.29, 0.717) is 24.8 Å². The molecule has 15 heavy (non-hydrogen) atoms. The van der Waals surface area contributed by atoms with Crippen molar-refractivity contribution < 1.29 is 9.53 Å². The van der Waals surface area contributed by atoms with Gasteiger partial charge in [-0.25, -0.2) is 4.98 Å². The lowest BCUT2D eigenvalue weighted by molar-refractivity contribution is 0.0936. The molecule has 0 amide bonds. The largest absolute Gasteiger partial charge is 0.380 e. The Morgan fingerprint density at radius 2 is 2.33 bits per heavy atom. The summed E-state index contributed by atoms with van der Waals surface area (Å²) in [6.45, 7) is 7.49. The second-order valence-corrected chi connectivity index (χ2v) is 3.81. The van der Waals surface area contributed by atoms with Crippen LogP contribution in [0.4, 0.5) is 0 Å². The number of nitrogens with zero attached hydrogens (tertiary/aromatic N) is 2. The van der Waals surface area contributed by atoms with E-state index in [1.807, 2.05) is 11.5 Å². The van der Waals surface area contributed by atoms with Crippen LogP contribution in [0.1, 0.15) is 37.3 Å². The monoisotopic (exact) mass is 210 g/mol. The molecule has 0 saturated carbocycles. The fraction of sp³-hybridized carbons (Fsp3) is 0.636. The average Bonchev–Trinajstić information content (AvgIpc) is 2.66. The van der Waals surface area contributed by atoms with E-state index in [0.717, 1.165) is 6.29 Å². The Hall–Kier alpha value is -1.16. The van der Waals surface area contributed by atoms with Gasteiger partial charge in [-0.15, -0.1) is 0 Å². The maximum absolute atomic E-state index is 10.8. The predicted octanol–water partition coefficient (Wildman–Crippen LogP) is 1.93. The van der Waals surface area contributed by atoms with E-state index in [1.54, 1.807) is 12.5 Å². The predicted molar refractivity (Wildman–Crippen MR) is 58.0 cm³/mol. The molecule has 0 spiro atoms. The molecule has 1 unspecified atom stereocenters. The molecule has 0 N–H and O–H groups in total. The Morgan fingerprint density at radius 3 is 2.87 bits per heavy atom. The van der Waals surface area contributed by atoms with Crippen LogP contribution in [-0.4, -0.2) is 29.1 Å². The van der Waals surface area contributed by atoms with Crippen LogP contribution in [0.5, 0.6) is 0 Å². The van der Waals surface area contributed by atoms with Crippen LogP contribution in [0.2, 0.25) is 0 Å². The summed E-state index contributed by atoms with van der Waals surface area (Å²) in [5.41, 5.74) is 0.605. The number of hydrogen-bond donors (Lipinski definition) is 0. The summed E-state index contributed by atoms with van der Waals surface area (Å²) >= 11 is 0. The van der Waals surface area contributed by atoms with Crippen molar-refractivity contribution in [2.75, 3.05) is 13.2 Å². The fourth-order valence-electron chi connectivity index (χ4n) is 1.52. The van der Waals surface area contributed by atoms with Crippen LogP contribution < -0.4 is 0 Å². The number of rotatable bonds is 6. The zero-order chi connectivity index (χ0) is 11.3. The van der Waals surface area contributed by atoms with Crippen molar-refractivity contribution in [1.29, 1.82) is 0 Å². The highest BCUT2D eigenvalue weighted by Crippen LogP contribution is 2.19. The van der Waals surface area contributed by atoms with E-state index in [1.165, 1.54) is 0 Å². The molecule has 0 bridgehead atoms. The molecule has 0 radical (unpaired) electrons. The first-order valence-electron chi connectivity index (χ1n) is 5.25. The maximum Gasteiger partial charge on any atom is 0.168 e. The molecule has 1 aromatic rings. The van der Waals surface area contributed by atoms with Crippen LogP contribution in [0, 0.1) is 5.92 Å². The molecular formula is C11H18N2O2. The molecule has 0 aromatic carbocycles. The highest BCUT2D eigenvalue weighted by Gasteiger charge is 2.17. The van der Waals surface area contributed by atoms with Gasteiger partial charge in [-0.2, -0.15) is 0 Å². The minimum Gasteiger partial charge on any atom is -0.380 e. The van der Waals surface area contributed by atoms with Crippen molar-refractivity contribution in [3.8, 4) is 0 Å². The number of aldehydes is 1. The fourth-order valence-corrected chi connectivity index (χ4v) is 1.52. The van der Waals surface area contributed by atoms with Crippen molar-refractivity contribution in [3.05, 3.63) is 18.2 Å². The normalized spacial score (nSPS) is 13.1. The molecule has 1 aromatic heterocycles. The summed E-state index contributed by atoms with van der Waals surface area (Å²) in [5, 5.41) is 0. The van der Waals surface area contributed by atoms with Gasteiger partial charge in [-0.3, -0.25) is 4.79 Å². The summed E-state index contributed by atoms with van der Waals surface area (Å²) in [6, 6.07) is 0.174. The molecule has 0 saturated heterocycles. The Bertz CT molecular complexity index is 307. The molecule has 0 aliphatic rings. The molecule has 1 atom stereocenters. The van der Waals surface area contributed by atoms with Gasteiger partial charge in [0, 0.05) is 6.61 Å². The number of carbonyl (C=O) groups is 1. The number of hydrogen-bond acceptors (Lipinski definition) is 3. The Kier molecular flexibility index (Phi) is 4.49. The van der Waals surface area contributed by atoms with E-state index < -0.39 is 0 Å². The number of aromatic nitrogens is 2. The van der Waals surface area contributed by atoms with Crippen molar-refractivity contribution in [2.45, 2.75) is 26.8 Å². The molecule has 1 rings (SSSR count). The SMILES string of the molecule is CCOCC(C(C)C)n1cncc1C=O. The minimum absolute atomic E-state index is 0.174. The van der Waals surface area contributed by atoms with Gasteiger partial charge >= 0.3 is 0 Å². The zero-order valence-electron chi connectivity index (χ0n) is 9.51. The van der Waals surface area contributed by atoms with Gasteiger partial charge in [0.1, 0.15) is 5.69 Å². The van der Waals surface area contributed by atoms with Crippen LogP contribution in [0.15, 0.2) is 12.5 Å². The summed E-state index contributed by atoms with van der Waals surface area (Å²) in [5.74, 6) is 0.407. The Morgan fingerprint density at radius 1 is 1.60 bits per heavy atom. The smallest absolute Gasteiger partial charge is 0.168 e. The Labute approximate surface area is 90.3 Å². The molecule has 0 aliphatic carbocycles. The summed E-state index contributed by atoms with van der Waals surface area (Å²) in [4.78, 5) is 14.8. The van der Waals surface area contributed by atoms with E-state index in [-0.39, 0.29) is 6.04 Å². The van der Waals surface area contributed by atoms with E-state index in [4.69, 9.17) is 4.74 Å². The van der Waals surface area contributed by atoms with Gasteiger partial charge in [0.15, 0.2) is 6.29 Å². The van der Waals surface area contributed by atoms with Crippen molar-refractivity contribution in [1.82, 2.24) is 9.55 Å². The third-order valence-corrected chi connectivity index (χ3v) is 2.44. The third-order valence-electron chi connectivity index (χ3n) is 2.44. The third kappa shape index (κ3) is 2.89. The maximum atomic E-state index is 10.8. The average molecular weight is 210 g/mol. The molecule has 0 aliphatic heterocycles. The van der Waals surface area contributed by atoms with E-state index in [2.05, 4.69) is 18.8 Å². The van der Waals surface area contributed by atoms with Gasteiger partial charge in [0.2, 0.25) is 0 Å². The number of imidazole rings is 1. The van der Waals surface area contributed by atoms with Crippen LogP contribution in [0.25, 0.3) is 0 Å². The second-order valence-electron chi connectivity index (χ2n) is 3.81. The number of ether oxygens (including phenoxy) is 1. The molecule has 4 heteroatoms. The van der Waals surface area contributed by atoms with Gasteiger partial charge in [0.25, 0.3) is 0 Å². The molecule has 0 fully saturated rings. The quantitative estimate of drug-likeness (QED) is 0.674. The lowest BCUT2D eigenvalue weighted by atomic mass is 10.1. The number of carbonyl (C=O) groups excluding carboxylic acids is 1. The highest BCUT2D eigenvalue weighted by molar-refractivity contribution is 5.71. The highest BCUT2D eigenvalue weighted by atomic mass is 16.5. The zero-order valence-corrected chi connectivity index (χ0v) is 9.51. The first-order valence-corrected chi connectivity index (χ1v) is 5.25. The van der Waals surface area contributed by atoms with Crippen LogP contribution in [-0.2, 0) is 4.74 Å². The van der Waals surface area contributed by atoms with Gasteiger partial charge in [-0.1, -0.05) is 13.8 Å². The van der Waals surface area contributed by atoms with Crippen LogP contribution in [0.3, 0.4) is 0 Å². The molecular weight excluding hydrogens is 192 g/mol. The van der Waals surface area contributed by atoms with E-state index in [9.17, 15) is 4.79 Å². The van der Waals surface area contributed by atoms with Crippen molar-refractivity contribution >= 4 is 6.29 Å². The van der Waals surface area contributed by atoms with Crippen LogP contribution >= 0.6 is 0 Å². The summed E-state index contributed by atoms with van der Waals surface area (Å²) in [7, 11) is 0. The molecule has 4 nitrogen and oxygen atoms in total. The topological polar surface area (TPSA) is 44.1 Å².